The number of nitrogens with zero attached hydrogens (tertiary/aromatic N) is 1. The quantitative estimate of drug-likeness (QED) is 0.693. The van der Waals surface area contributed by atoms with E-state index < -0.39 is 0 Å². The number of hydrogen-bond acceptors (Lipinski definition) is 3. The number of halogens is 1. The zero-order valence-electron chi connectivity index (χ0n) is 10.5. The molecule has 1 amide bonds. The van der Waals surface area contributed by atoms with Crippen molar-refractivity contribution in [1.82, 2.24) is 5.32 Å². The molecule has 1 aromatic carbocycles. The molecule has 1 saturated carbocycles. The number of thiophene rings is 1. The van der Waals surface area contributed by atoms with Crippen LogP contribution in [0.3, 0.4) is 0 Å². The average molecular weight is 303 g/mol. The molecule has 0 spiro atoms. The molecular weight excluding hydrogens is 292 g/mol. The predicted octanol–water partition coefficient (Wildman–Crippen LogP) is 3.74. The Bertz CT molecular complexity index is 753. The molecule has 0 bridgehead atoms. The molecule has 3 nitrogen and oxygen atoms in total. The van der Waals surface area contributed by atoms with Crippen molar-refractivity contribution in [3.05, 3.63) is 39.7 Å². The molecule has 1 fully saturated rings. The molecule has 0 atom stereocenters. The minimum absolute atomic E-state index is 0.102. The van der Waals surface area contributed by atoms with Crippen LogP contribution in [0.15, 0.2) is 29.8 Å². The van der Waals surface area contributed by atoms with E-state index in [4.69, 9.17) is 16.9 Å². The Balaban J connectivity index is 1.96. The lowest BCUT2D eigenvalue weighted by Gasteiger charge is -2.00. The third kappa shape index (κ3) is 2.55. The van der Waals surface area contributed by atoms with E-state index in [1.165, 1.54) is 11.3 Å². The lowest BCUT2D eigenvalue weighted by Crippen LogP contribution is -2.26. The molecule has 20 heavy (non-hydrogen) atoms. The summed E-state index contributed by atoms with van der Waals surface area (Å²) in [5, 5.41) is 13.5. The molecule has 2 aromatic rings. The van der Waals surface area contributed by atoms with Gasteiger partial charge in [0.25, 0.3) is 5.91 Å². The molecular formula is C15H11ClN2OS. The van der Waals surface area contributed by atoms with E-state index in [9.17, 15) is 4.79 Å². The number of amides is 1. The predicted molar refractivity (Wildman–Crippen MR) is 81.6 cm³/mol. The van der Waals surface area contributed by atoms with E-state index >= 15 is 0 Å². The second-order valence-electron chi connectivity index (χ2n) is 4.69. The normalized spacial score (nSPS) is 15.1. The number of fused-ring (bicyclic) bond motifs is 1. The van der Waals surface area contributed by atoms with Crippen LogP contribution in [0.1, 0.15) is 17.7 Å². The van der Waals surface area contributed by atoms with Crippen LogP contribution in [-0.4, -0.2) is 11.9 Å². The van der Waals surface area contributed by atoms with Crippen LogP contribution >= 0.6 is 22.9 Å². The Morgan fingerprint density at radius 2 is 2.20 bits per heavy atom. The summed E-state index contributed by atoms with van der Waals surface area (Å²) in [6, 6.07) is 9.94. The summed E-state index contributed by atoms with van der Waals surface area (Å²) in [7, 11) is 0. The summed E-state index contributed by atoms with van der Waals surface area (Å²) in [6.45, 7) is 0. The summed E-state index contributed by atoms with van der Waals surface area (Å²) < 4.78 is 1.05. The first-order chi connectivity index (χ1) is 9.69. The van der Waals surface area contributed by atoms with Crippen LogP contribution in [0, 0.1) is 11.3 Å². The minimum Gasteiger partial charge on any atom is -0.349 e. The Kier molecular flexibility index (Phi) is 3.47. The summed E-state index contributed by atoms with van der Waals surface area (Å²) in [4.78, 5) is 12.7. The molecule has 1 aromatic heterocycles. The van der Waals surface area contributed by atoms with Crippen LogP contribution in [0.25, 0.3) is 16.2 Å². The second kappa shape index (κ2) is 5.28. The molecule has 0 unspecified atom stereocenters. The van der Waals surface area contributed by atoms with Crippen LogP contribution in [0.5, 0.6) is 0 Å². The fourth-order valence-corrected chi connectivity index (χ4v) is 3.33. The van der Waals surface area contributed by atoms with E-state index in [2.05, 4.69) is 5.32 Å². The highest BCUT2D eigenvalue weighted by Gasteiger charge is 2.25. The van der Waals surface area contributed by atoms with Crippen molar-refractivity contribution in [2.24, 2.45) is 0 Å². The maximum atomic E-state index is 11.9. The van der Waals surface area contributed by atoms with Gasteiger partial charge in [0, 0.05) is 21.0 Å². The first-order valence-corrected chi connectivity index (χ1v) is 7.48. The lowest BCUT2D eigenvalue weighted by molar-refractivity contribution is -0.117. The van der Waals surface area contributed by atoms with Crippen molar-refractivity contribution in [2.75, 3.05) is 0 Å². The average Bonchev–Trinajstić information content (AvgIpc) is 3.21. The van der Waals surface area contributed by atoms with Crippen LogP contribution in [-0.2, 0) is 4.79 Å². The zero-order chi connectivity index (χ0) is 14.1. The molecule has 100 valence electrons. The van der Waals surface area contributed by atoms with Gasteiger partial charge in [-0.05, 0) is 25.0 Å². The van der Waals surface area contributed by atoms with Gasteiger partial charge < -0.3 is 5.32 Å². The second-order valence-corrected chi connectivity index (χ2v) is 6.16. The van der Waals surface area contributed by atoms with Gasteiger partial charge in [0.05, 0.1) is 5.02 Å². The van der Waals surface area contributed by atoms with E-state index in [0.29, 0.717) is 5.02 Å². The van der Waals surface area contributed by atoms with E-state index in [1.54, 1.807) is 6.08 Å². The number of benzene rings is 1. The Morgan fingerprint density at radius 1 is 1.45 bits per heavy atom. The highest BCUT2D eigenvalue weighted by molar-refractivity contribution is 7.20. The third-order valence-corrected chi connectivity index (χ3v) is 4.75. The number of carbonyl (C=O) groups excluding carboxylic acids is 1. The smallest absolute Gasteiger partial charge is 0.262 e. The molecule has 0 radical (unpaired) electrons. The molecule has 1 N–H and O–H groups in total. The molecule has 0 saturated heterocycles. The summed E-state index contributed by atoms with van der Waals surface area (Å²) in [5.74, 6) is -0.316. The van der Waals surface area contributed by atoms with Crippen molar-refractivity contribution in [2.45, 2.75) is 18.9 Å². The number of nitriles is 1. The Morgan fingerprint density at radius 3 is 2.85 bits per heavy atom. The summed E-state index contributed by atoms with van der Waals surface area (Å²) in [6.07, 6.45) is 3.56. The maximum Gasteiger partial charge on any atom is 0.262 e. The lowest BCUT2D eigenvalue weighted by atomic mass is 10.2. The zero-order valence-corrected chi connectivity index (χ0v) is 12.1. The number of nitrogens with one attached hydrogen (secondary N) is 1. The first kappa shape index (κ1) is 13.2. The molecule has 1 aliphatic rings. The van der Waals surface area contributed by atoms with E-state index in [-0.39, 0.29) is 17.5 Å². The number of hydrogen-bond donors (Lipinski definition) is 1. The van der Waals surface area contributed by atoms with Crippen molar-refractivity contribution >= 4 is 45.0 Å². The Labute approximate surface area is 125 Å². The van der Waals surface area contributed by atoms with Gasteiger partial charge in [-0.3, -0.25) is 4.79 Å². The fraction of sp³-hybridized carbons (Fsp3) is 0.200. The van der Waals surface area contributed by atoms with Gasteiger partial charge in [-0.2, -0.15) is 5.26 Å². The van der Waals surface area contributed by atoms with Gasteiger partial charge in [-0.1, -0.05) is 29.8 Å². The molecule has 1 heterocycles. The summed E-state index contributed by atoms with van der Waals surface area (Å²) >= 11 is 7.79. The van der Waals surface area contributed by atoms with Gasteiger partial charge in [-0.25, -0.2) is 0 Å². The molecule has 1 aliphatic carbocycles. The first-order valence-electron chi connectivity index (χ1n) is 6.28. The van der Waals surface area contributed by atoms with Crippen molar-refractivity contribution < 1.29 is 4.79 Å². The molecule has 0 aliphatic heterocycles. The van der Waals surface area contributed by atoms with Crippen LogP contribution < -0.4 is 5.32 Å². The number of rotatable bonds is 3. The summed E-state index contributed by atoms with van der Waals surface area (Å²) in [5.41, 5.74) is 0.102. The van der Waals surface area contributed by atoms with Crippen LogP contribution in [0.4, 0.5) is 0 Å². The maximum absolute atomic E-state index is 11.9. The van der Waals surface area contributed by atoms with Gasteiger partial charge >= 0.3 is 0 Å². The van der Waals surface area contributed by atoms with Gasteiger partial charge in [0.1, 0.15) is 11.6 Å². The SMILES string of the molecule is N#C/C(=C/c1sc2ccccc2c1Cl)C(=O)NC1CC1. The van der Waals surface area contributed by atoms with E-state index in [1.807, 2.05) is 30.3 Å². The topological polar surface area (TPSA) is 52.9 Å². The standard InChI is InChI=1S/C15H11ClN2OS/c16-14-11-3-1-2-4-12(11)20-13(14)7-9(8-17)15(19)18-10-5-6-10/h1-4,7,10H,5-6H2,(H,18,19)/b9-7-. The van der Waals surface area contributed by atoms with Gasteiger partial charge in [0.15, 0.2) is 0 Å². The van der Waals surface area contributed by atoms with E-state index in [0.717, 1.165) is 27.8 Å². The monoisotopic (exact) mass is 302 g/mol. The van der Waals surface area contributed by atoms with Crippen molar-refractivity contribution in [1.29, 1.82) is 5.26 Å². The fourth-order valence-electron chi connectivity index (χ4n) is 1.90. The highest BCUT2D eigenvalue weighted by atomic mass is 35.5. The largest absolute Gasteiger partial charge is 0.349 e. The van der Waals surface area contributed by atoms with Crippen molar-refractivity contribution in [3.63, 3.8) is 0 Å². The third-order valence-electron chi connectivity index (χ3n) is 3.11. The van der Waals surface area contributed by atoms with Crippen molar-refractivity contribution in [3.8, 4) is 6.07 Å². The van der Waals surface area contributed by atoms with Gasteiger partial charge in [0.2, 0.25) is 0 Å². The molecule has 3 rings (SSSR count). The molecule has 5 heteroatoms. The highest BCUT2D eigenvalue weighted by Crippen LogP contribution is 2.36. The Hall–Kier alpha value is -1.83. The minimum atomic E-state index is -0.316. The number of carbonyl (C=O) groups is 1. The van der Waals surface area contributed by atoms with Gasteiger partial charge in [-0.15, -0.1) is 11.3 Å². The van der Waals surface area contributed by atoms with Crippen LogP contribution in [0.2, 0.25) is 5.02 Å².